The smallest absolute Gasteiger partial charge is 0.252 e. The van der Waals surface area contributed by atoms with Gasteiger partial charge < -0.3 is 16.2 Å². The normalized spacial score (nSPS) is 12.2. The molecule has 0 aliphatic rings. The van der Waals surface area contributed by atoms with Gasteiger partial charge in [0.05, 0.1) is 23.9 Å². The fourth-order valence-electron chi connectivity index (χ4n) is 1.28. The maximum Gasteiger partial charge on any atom is 0.252 e. The highest BCUT2D eigenvalue weighted by Gasteiger charge is 2.16. The highest BCUT2D eigenvalue weighted by molar-refractivity contribution is 9.10. The van der Waals surface area contributed by atoms with Crippen molar-refractivity contribution in [2.24, 2.45) is 0 Å². The van der Waals surface area contributed by atoms with Crippen LogP contribution < -0.4 is 11.1 Å². The van der Waals surface area contributed by atoms with Crippen molar-refractivity contribution in [3.05, 3.63) is 28.0 Å². The van der Waals surface area contributed by atoms with E-state index in [0.717, 1.165) is 6.07 Å². The molecule has 0 spiro atoms. The Balaban J connectivity index is 2.93. The molecule has 1 rings (SSSR count). The van der Waals surface area contributed by atoms with Crippen LogP contribution in [-0.2, 0) is 0 Å². The van der Waals surface area contributed by atoms with Crippen LogP contribution in [0.5, 0.6) is 0 Å². The van der Waals surface area contributed by atoms with Crippen molar-refractivity contribution in [2.75, 3.05) is 12.3 Å². The third-order valence-electron chi connectivity index (χ3n) is 2.38. The second kappa shape index (κ2) is 5.97. The van der Waals surface area contributed by atoms with Crippen LogP contribution in [0.1, 0.15) is 23.7 Å². The van der Waals surface area contributed by atoms with Crippen molar-refractivity contribution in [3.63, 3.8) is 0 Å². The number of nitrogens with one attached hydrogen (secondary N) is 1. The summed E-state index contributed by atoms with van der Waals surface area (Å²) >= 11 is 3.10. The van der Waals surface area contributed by atoms with E-state index in [-0.39, 0.29) is 23.9 Å². The lowest BCUT2D eigenvalue weighted by Gasteiger charge is -2.15. The number of halogens is 2. The van der Waals surface area contributed by atoms with Crippen LogP contribution in [0.15, 0.2) is 16.6 Å². The topological polar surface area (TPSA) is 75.3 Å². The molecule has 94 valence electrons. The largest absolute Gasteiger partial charge is 0.396 e. The standard InChI is InChI=1S/C11H14BrFN2O2/c1-2-6(5-16)15-11(17)7-3-10(14)9(13)4-8(7)12/h3-4,6,16H,2,5,14H2,1H3,(H,15,17). The van der Waals surface area contributed by atoms with Crippen molar-refractivity contribution in [1.29, 1.82) is 0 Å². The monoisotopic (exact) mass is 304 g/mol. The fraction of sp³-hybridized carbons (Fsp3) is 0.364. The van der Waals surface area contributed by atoms with Gasteiger partial charge in [-0.3, -0.25) is 4.79 Å². The van der Waals surface area contributed by atoms with Crippen LogP contribution in [0.25, 0.3) is 0 Å². The number of benzene rings is 1. The van der Waals surface area contributed by atoms with E-state index in [1.807, 2.05) is 6.92 Å². The average Bonchev–Trinajstić information content (AvgIpc) is 2.30. The number of aliphatic hydroxyl groups is 1. The van der Waals surface area contributed by atoms with E-state index in [1.165, 1.54) is 6.07 Å². The number of carbonyl (C=O) groups is 1. The Morgan fingerprint density at radius 1 is 1.65 bits per heavy atom. The SMILES string of the molecule is CCC(CO)NC(=O)c1cc(N)c(F)cc1Br. The molecule has 0 aromatic heterocycles. The minimum atomic E-state index is -0.581. The van der Waals surface area contributed by atoms with Gasteiger partial charge in [0.1, 0.15) is 5.82 Å². The maximum absolute atomic E-state index is 13.1. The number of carbonyl (C=O) groups excluding carboxylic acids is 1. The van der Waals surface area contributed by atoms with Crippen molar-refractivity contribution < 1.29 is 14.3 Å². The lowest BCUT2D eigenvalue weighted by molar-refractivity contribution is 0.0914. The number of hydrogen-bond acceptors (Lipinski definition) is 3. The first-order chi connectivity index (χ1) is 7.99. The zero-order chi connectivity index (χ0) is 13.0. The summed E-state index contributed by atoms with van der Waals surface area (Å²) in [4.78, 5) is 11.8. The number of hydrogen-bond donors (Lipinski definition) is 3. The molecule has 1 aromatic carbocycles. The first-order valence-corrected chi connectivity index (χ1v) is 5.95. The predicted molar refractivity (Wildman–Crippen MR) is 67.1 cm³/mol. The van der Waals surface area contributed by atoms with Gasteiger partial charge in [-0.05, 0) is 34.5 Å². The molecule has 0 bridgehead atoms. The fourth-order valence-corrected chi connectivity index (χ4v) is 1.78. The lowest BCUT2D eigenvalue weighted by Crippen LogP contribution is -2.37. The Morgan fingerprint density at radius 3 is 2.82 bits per heavy atom. The van der Waals surface area contributed by atoms with Crippen LogP contribution in [0, 0.1) is 5.82 Å². The van der Waals surface area contributed by atoms with E-state index in [1.54, 1.807) is 0 Å². The molecule has 1 amide bonds. The molecule has 0 saturated heterocycles. The van der Waals surface area contributed by atoms with Gasteiger partial charge in [0.15, 0.2) is 0 Å². The Morgan fingerprint density at radius 2 is 2.29 bits per heavy atom. The number of aliphatic hydroxyl groups excluding tert-OH is 1. The van der Waals surface area contributed by atoms with Crippen molar-refractivity contribution >= 4 is 27.5 Å². The van der Waals surface area contributed by atoms with Crippen LogP contribution in [-0.4, -0.2) is 23.7 Å². The Bertz CT molecular complexity index is 422. The summed E-state index contributed by atoms with van der Waals surface area (Å²) in [6, 6.07) is 2.09. The van der Waals surface area contributed by atoms with E-state index in [2.05, 4.69) is 21.2 Å². The minimum absolute atomic E-state index is 0.0876. The number of anilines is 1. The Kier molecular flexibility index (Phi) is 4.89. The zero-order valence-electron chi connectivity index (χ0n) is 9.34. The molecule has 0 aliphatic heterocycles. The van der Waals surface area contributed by atoms with Crippen molar-refractivity contribution in [1.82, 2.24) is 5.32 Å². The third kappa shape index (κ3) is 3.41. The molecule has 1 aromatic rings. The van der Waals surface area contributed by atoms with Gasteiger partial charge in [-0.15, -0.1) is 0 Å². The molecule has 4 N–H and O–H groups in total. The van der Waals surface area contributed by atoms with Crippen LogP contribution in [0.4, 0.5) is 10.1 Å². The molecule has 4 nitrogen and oxygen atoms in total. The first-order valence-electron chi connectivity index (χ1n) is 5.15. The third-order valence-corrected chi connectivity index (χ3v) is 3.04. The summed E-state index contributed by atoms with van der Waals surface area (Å²) in [5.41, 5.74) is 5.56. The van der Waals surface area contributed by atoms with E-state index < -0.39 is 11.7 Å². The van der Waals surface area contributed by atoms with Crippen LogP contribution in [0.3, 0.4) is 0 Å². The van der Waals surface area contributed by atoms with Crippen molar-refractivity contribution in [3.8, 4) is 0 Å². The Hall–Kier alpha value is -1.14. The number of nitrogens with two attached hydrogens (primary N) is 1. The highest BCUT2D eigenvalue weighted by Crippen LogP contribution is 2.22. The summed E-state index contributed by atoms with van der Waals surface area (Å²) in [6.45, 7) is 1.70. The molecule has 17 heavy (non-hydrogen) atoms. The van der Waals surface area contributed by atoms with Gasteiger partial charge in [0, 0.05) is 4.47 Å². The molecule has 0 heterocycles. The molecular formula is C11H14BrFN2O2. The van der Waals surface area contributed by atoms with Crippen LogP contribution in [0.2, 0.25) is 0 Å². The van der Waals surface area contributed by atoms with E-state index in [0.29, 0.717) is 10.9 Å². The molecular weight excluding hydrogens is 291 g/mol. The molecule has 0 fully saturated rings. The average molecular weight is 305 g/mol. The molecule has 1 atom stereocenters. The summed E-state index contributed by atoms with van der Waals surface area (Å²) in [5.74, 6) is -0.980. The second-order valence-electron chi connectivity index (χ2n) is 3.61. The van der Waals surface area contributed by atoms with Gasteiger partial charge in [0.25, 0.3) is 5.91 Å². The quantitative estimate of drug-likeness (QED) is 0.741. The van der Waals surface area contributed by atoms with E-state index >= 15 is 0 Å². The van der Waals surface area contributed by atoms with Gasteiger partial charge >= 0.3 is 0 Å². The molecule has 6 heteroatoms. The van der Waals surface area contributed by atoms with Crippen LogP contribution >= 0.6 is 15.9 Å². The summed E-state index contributed by atoms with van der Waals surface area (Å²) in [6.07, 6.45) is 0.608. The molecule has 0 radical (unpaired) electrons. The number of nitrogen functional groups attached to an aromatic ring is 1. The molecule has 1 unspecified atom stereocenters. The van der Waals surface area contributed by atoms with Crippen molar-refractivity contribution in [2.45, 2.75) is 19.4 Å². The number of amides is 1. The molecule has 0 saturated carbocycles. The summed E-state index contributed by atoms with van der Waals surface area (Å²) in [7, 11) is 0. The summed E-state index contributed by atoms with van der Waals surface area (Å²) < 4.78 is 13.4. The zero-order valence-corrected chi connectivity index (χ0v) is 10.9. The molecule has 0 aliphatic carbocycles. The minimum Gasteiger partial charge on any atom is -0.396 e. The first kappa shape index (κ1) is 13.9. The van der Waals surface area contributed by atoms with Gasteiger partial charge in [-0.1, -0.05) is 6.92 Å². The Labute approximate surface area is 107 Å². The predicted octanol–water partition coefficient (Wildman–Crippen LogP) is 1.67. The lowest BCUT2D eigenvalue weighted by atomic mass is 10.1. The van der Waals surface area contributed by atoms with E-state index in [4.69, 9.17) is 10.8 Å². The van der Waals surface area contributed by atoms with Gasteiger partial charge in [-0.25, -0.2) is 4.39 Å². The summed E-state index contributed by atoms with van der Waals surface area (Å²) in [5, 5.41) is 11.6. The second-order valence-corrected chi connectivity index (χ2v) is 4.47. The maximum atomic E-state index is 13.1. The van der Waals surface area contributed by atoms with Gasteiger partial charge in [0.2, 0.25) is 0 Å². The van der Waals surface area contributed by atoms with Gasteiger partial charge in [-0.2, -0.15) is 0 Å². The van der Waals surface area contributed by atoms with E-state index in [9.17, 15) is 9.18 Å². The number of rotatable bonds is 4. The highest BCUT2D eigenvalue weighted by atomic mass is 79.9.